The first-order valence-corrected chi connectivity index (χ1v) is 10.6. The molecular formula is C22H26BrN3O. The monoisotopic (exact) mass is 427 g/mol. The highest BCUT2D eigenvalue weighted by Gasteiger charge is 2.46. The van der Waals surface area contributed by atoms with Crippen molar-refractivity contribution in [2.24, 2.45) is 0 Å². The largest absolute Gasteiger partial charge is 0.353 e. The topological polar surface area (TPSA) is 45.2 Å². The van der Waals surface area contributed by atoms with Crippen molar-refractivity contribution in [2.45, 2.75) is 50.1 Å². The van der Waals surface area contributed by atoms with Crippen molar-refractivity contribution >= 4 is 21.8 Å². The summed E-state index contributed by atoms with van der Waals surface area (Å²) in [5, 5.41) is 3.37. The summed E-state index contributed by atoms with van der Waals surface area (Å²) < 4.78 is 1.06. The average Bonchev–Trinajstić information content (AvgIpc) is 2.65. The molecular weight excluding hydrogens is 402 g/mol. The third-order valence-corrected chi connectivity index (χ3v) is 6.60. The van der Waals surface area contributed by atoms with E-state index in [1.807, 2.05) is 30.5 Å². The van der Waals surface area contributed by atoms with Gasteiger partial charge in [-0.15, -0.1) is 0 Å². The van der Waals surface area contributed by atoms with Gasteiger partial charge < -0.3 is 5.32 Å². The third kappa shape index (κ3) is 4.09. The lowest BCUT2D eigenvalue weighted by atomic mass is 9.63. The van der Waals surface area contributed by atoms with Crippen molar-refractivity contribution in [1.29, 1.82) is 0 Å². The molecule has 1 aromatic heterocycles. The highest BCUT2D eigenvalue weighted by Crippen LogP contribution is 2.44. The zero-order valence-electron chi connectivity index (χ0n) is 15.5. The standard InChI is InChI=1S/C22H26BrN3O/c23-18-7-5-17(6-8-18)22(11-3-12-22)21(27)25-19-9-14-26(15-10-19)16-20-4-1-2-13-24-20/h1-2,4-8,13,19H,3,9-12,14-16H2,(H,25,27). The van der Waals surface area contributed by atoms with Crippen LogP contribution in [0.3, 0.4) is 0 Å². The predicted molar refractivity (Wildman–Crippen MR) is 110 cm³/mol. The summed E-state index contributed by atoms with van der Waals surface area (Å²) >= 11 is 3.49. The van der Waals surface area contributed by atoms with Crippen LogP contribution in [0.25, 0.3) is 0 Å². The Bertz CT molecular complexity index is 766. The van der Waals surface area contributed by atoms with E-state index in [9.17, 15) is 4.79 Å². The lowest BCUT2D eigenvalue weighted by Gasteiger charge is -2.42. The number of hydrogen-bond acceptors (Lipinski definition) is 3. The molecule has 2 aliphatic rings. The second kappa shape index (κ2) is 8.11. The molecule has 0 unspecified atom stereocenters. The summed E-state index contributed by atoms with van der Waals surface area (Å²) in [6.07, 6.45) is 6.91. The second-order valence-corrected chi connectivity index (χ2v) is 8.70. The van der Waals surface area contributed by atoms with Gasteiger partial charge in [-0.05, 0) is 55.5 Å². The first-order valence-electron chi connectivity index (χ1n) is 9.85. The molecule has 1 aromatic carbocycles. The lowest BCUT2D eigenvalue weighted by Crippen LogP contribution is -2.54. The van der Waals surface area contributed by atoms with E-state index in [2.05, 4.69) is 49.3 Å². The fourth-order valence-corrected chi connectivity index (χ4v) is 4.49. The van der Waals surface area contributed by atoms with Crippen LogP contribution in [0.15, 0.2) is 53.1 Å². The molecule has 4 rings (SSSR count). The van der Waals surface area contributed by atoms with Crippen molar-refractivity contribution in [3.63, 3.8) is 0 Å². The molecule has 2 heterocycles. The van der Waals surface area contributed by atoms with Crippen LogP contribution < -0.4 is 5.32 Å². The number of nitrogens with zero attached hydrogens (tertiary/aromatic N) is 2. The van der Waals surface area contributed by atoms with E-state index in [-0.39, 0.29) is 17.4 Å². The van der Waals surface area contributed by atoms with E-state index in [1.54, 1.807) is 0 Å². The van der Waals surface area contributed by atoms with Crippen molar-refractivity contribution < 1.29 is 4.79 Å². The minimum atomic E-state index is -0.314. The molecule has 0 radical (unpaired) electrons. The number of likely N-dealkylation sites (tertiary alicyclic amines) is 1. The zero-order chi connectivity index (χ0) is 18.7. The molecule has 1 amide bonds. The first-order chi connectivity index (χ1) is 13.2. The van der Waals surface area contributed by atoms with Gasteiger partial charge in [0, 0.05) is 36.3 Å². The van der Waals surface area contributed by atoms with Crippen LogP contribution >= 0.6 is 15.9 Å². The molecule has 1 aliphatic carbocycles. The fraction of sp³-hybridized carbons (Fsp3) is 0.455. The van der Waals surface area contributed by atoms with Crippen LogP contribution in [0.5, 0.6) is 0 Å². The summed E-state index contributed by atoms with van der Waals surface area (Å²) in [6, 6.07) is 14.6. The van der Waals surface area contributed by atoms with E-state index in [1.165, 1.54) is 0 Å². The number of piperidine rings is 1. The molecule has 142 valence electrons. The van der Waals surface area contributed by atoms with Crippen LogP contribution in [0, 0.1) is 0 Å². The van der Waals surface area contributed by atoms with Gasteiger partial charge in [-0.3, -0.25) is 14.7 Å². The van der Waals surface area contributed by atoms with E-state index in [0.717, 1.165) is 67.5 Å². The number of carbonyl (C=O) groups excluding carboxylic acids is 1. The zero-order valence-corrected chi connectivity index (χ0v) is 17.1. The van der Waals surface area contributed by atoms with Crippen molar-refractivity contribution in [3.8, 4) is 0 Å². The molecule has 1 saturated carbocycles. The number of benzene rings is 1. The van der Waals surface area contributed by atoms with Gasteiger partial charge >= 0.3 is 0 Å². The third-order valence-electron chi connectivity index (χ3n) is 6.07. The van der Waals surface area contributed by atoms with Gasteiger partial charge in [-0.25, -0.2) is 0 Å². The Hall–Kier alpha value is -1.72. The maximum absolute atomic E-state index is 13.1. The van der Waals surface area contributed by atoms with Crippen LogP contribution in [-0.2, 0) is 16.8 Å². The Morgan fingerprint density at radius 3 is 2.48 bits per heavy atom. The summed E-state index contributed by atoms with van der Waals surface area (Å²) in [4.78, 5) is 20.0. The Morgan fingerprint density at radius 1 is 1.15 bits per heavy atom. The smallest absolute Gasteiger partial charge is 0.230 e. The molecule has 0 bridgehead atoms. The molecule has 4 nitrogen and oxygen atoms in total. The second-order valence-electron chi connectivity index (χ2n) is 7.79. The normalized spacial score (nSPS) is 20.0. The van der Waals surface area contributed by atoms with Crippen molar-refractivity contribution in [1.82, 2.24) is 15.2 Å². The summed E-state index contributed by atoms with van der Waals surface area (Å²) in [7, 11) is 0. The maximum atomic E-state index is 13.1. The molecule has 5 heteroatoms. The number of hydrogen-bond donors (Lipinski definition) is 1. The first kappa shape index (κ1) is 18.6. The van der Waals surface area contributed by atoms with Crippen molar-refractivity contribution in [3.05, 3.63) is 64.4 Å². The minimum absolute atomic E-state index is 0.222. The van der Waals surface area contributed by atoms with Crippen molar-refractivity contribution in [2.75, 3.05) is 13.1 Å². The lowest BCUT2D eigenvalue weighted by molar-refractivity contribution is -0.131. The van der Waals surface area contributed by atoms with Gasteiger partial charge in [0.1, 0.15) is 0 Å². The maximum Gasteiger partial charge on any atom is 0.230 e. The Labute approximate surface area is 169 Å². The highest BCUT2D eigenvalue weighted by molar-refractivity contribution is 9.10. The van der Waals surface area contributed by atoms with E-state index in [4.69, 9.17) is 0 Å². The summed E-state index contributed by atoms with van der Waals surface area (Å²) in [6.45, 7) is 2.91. The summed E-state index contributed by atoms with van der Waals surface area (Å²) in [5.41, 5.74) is 1.96. The van der Waals surface area contributed by atoms with Gasteiger partial charge in [0.25, 0.3) is 0 Å². The average molecular weight is 428 g/mol. The molecule has 1 N–H and O–H groups in total. The molecule has 1 saturated heterocycles. The van der Waals surface area contributed by atoms with E-state index in [0.29, 0.717) is 0 Å². The molecule has 2 aromatic rings. The van der Waals surface area contributed by atoms with Crippen LogP contribution in [0.4, 0.5) is 0 Å². The number of aromatic nitrogens is 1. The number of carbonyl (C=O) groups is 1. The Morgan fingerprint density at radius 2 is 1.89 bits per heavy atom. The molecule has 0 spiro atoms. The van der Waals surface area contributed by atoms with Crippen LogP contribution in [0.2, 0.25) is 0 Å². The molecule has 1 aliphatic heterocycles. The van der Waals surface area contributed by atoms with Gasteiger partial charge in [-0.2, -0.15) is 0 Å². The quantitative estimate of drug-likeness (QED) is 0.782. The Balaban J connectivity index is 1.33. The van der Waals surface area contributed by atoms with Gasteiger partial charge in [0.2, 0.25) is 5.91 Å². The van der Waals surface area contributed by atoms with Crippen LogP contribution in [0.1, 0.15) is 43.4 Å². The molecule has 27 heavy (non-hydrogen) atoms. The predicted octanol–water partition coefficient (Wildman–Crippen LogP) is 4.05. The molecule has 2 fully saturated rings. The summed E-state index contributed by atoms with van der Waals surface area (Å²) in [5.74, 6) is 0.222. The number of pyridine rings is 1. The minimum Gasteiger partial charge on any atom is -0.353 e. The number of amides is 1. The number of halogens is 1. The number of rotatable bonds is 5. The number of nitrogens with one attached hydrogen (secondary N) is 1. The van der Waals surface area contributed by atoms with E-state index < -0.39 is 0 Å². The Kier molecular flexibility index (Phi) is 5.60. The SMILES string of the molecule is O=C(NC1CCN(Cc2ccccn2)CC1)C1(c2ccc(Br)cc2)CCC1. The highest BCUT2D eigenvalue weighted by atomic mass is 79.9. The van der Waals surface area contributed by atoms with Gasteiger partial charge in [0.15, 0.2) is 0 Å². The molecule has 0 atom stereocenters. The van der Waals surface area contributed by atoms with Gasteiger partial charge in [-0.1, -0.05) is 40.5 Å². The van der Waals surface area contributed by atoms with Gasteiger partial charge in [0.05, 0.1) is 11.1 Å². The fourth-order valence-electron chi connectivity index (χ4n) is 4.23. The van der Waals surface area contributed by atoms with Crippen LogP contribution in [-0.4, -0.2) is 34.9 Å². The van der Waals surface area contributed by atoms with E-state index >= 15 is 0 Å².